The second-order valence-electron chi connectivity index (χ2n) is 5.26. The minimum absolute atomic E-state index is 0.201. The lowest BCUT2D eigenvalue weighted by atomic mass is 10.4. The molecule has 1 saturated carbocycles. The van der Waals surface area contributed by atoms with Crippen LogP contribution in [-0.2, 0) is 26.4 Å². The van der Waals surface area contributed by atoms with E-state index < -0.39 is 25.9 Å². The lowest BCUT2D eigenvalue weighted by molar-refractivity contribution is 0.398. The summed E-state index contributed by atoms with van der Waals surface area (Å²) >= 11 is 0. The van der Waals surface area contributed by atoms with Crippen molar-refractivity contribution in [2.45, 2.75) is 36.6 Å². The van der Waals surface area contributed by atoms with Gasteiger partial charge in [-0.05, 0) is 25.0 Å². The van der Waals surface area contributed by atoms with Crippen LogP contribution in [0.4, 0.5) is 0 Å². The smallest absolute Gasteiger partial charge is 0.274 e. The Bertz CT molecular complexity index is 759. The fraction of sp³-hybridized carbons (Fsp3) is 0.500. The van der Waals surface area contributed by atoms with Crippen molar-refractivity contribution in [3.63, 3.8) is 0 Å². The van der Waals surface area contributed by atoms with Crippen LogP contribution in [0.2, 0.25) is 0 Å². The van der Waals surface area contributed by atoms with Crippen molar-refractivity contribution < 1.29 is 21.3 Å². The van der Waals surface area contributed by atoms with E-state index in [9.17, 15) is 16.8 Å². The van der Waals surface area contributed by atoms with E-state index in [-0.39, 0.29) is 10.8 Å². The molecule has 2 N–H and O–H groups in total. The van der Waals surface area contributed by atoms with Crippen LogP contribution in [0.25, 0.3) is 0 Å². The van der Waals surface area contributed by atoms with Gasteiger partial charge in [0, 0.05) is 11.4 Å². The van der Waals surface area contributed by atoms with Gasteiger partial charge in [-0.2, -0.15) is 0 Å². The maximum atomic E-state index is 12.1. The van der Waals surface area contributed by atoms with Gasteiger partial charge >= 0.3 is 0 Å². The van der Waals surface area contributed by atoms with E-state index >= 15 is 0 Å². The molecule has 1 aromatic rings. The van der Waals surface area contributed by atoms with Crippen molar-refractivity contribution in [2.75, 3.05) is 5.75 Å². The summed E-state index contributed by atoms with van der Waals surface area (Å²) in [6.45, 7) is 0.484. The summed E-state index contributed by atoms with van der Waals surface area (Å²) in [7, 11) is -7.16. The Balaban J connectivity index is 1.65. The third-order valence-corrected chi connectivity index (χ3v) is 6.04. The van der Waals surface area contributed by atoms with Gasteiger partial charge < -0.3 is 9.73 Å². The first-order valence-corrected chi connectivity index (χ1v) is 9.79. The quantitative estimate of drug-likeness (QED) is 0.766. The average molecular weight is 332 g/mol. The molecule has 1 fully saturated rings. The van der Waals surface area contributed by atoms with E-state index in [1.165, 1.54) is 12.1 Å². The van der Waals surface area contributed by atoms with Crippen LogP contribution in [-0.4, -0.2) is 34.7 Å². The topological polar surface area (TPSA) is 105 Å². The Morgan fingerprint density at radius 1 is 1.29 bits per heavy atom. The van der Waals surface area contributed by atoms with Crippen molar-refractivity contribution in [2.24, 2.45) is 0 Å². The molecule has 1 aliphatic carbocycles. The molecule has 21 heavy (non-hydrogen) atoms. The second-order valence-corrected chi connectivity index (χ2v) is 8.84. The first kappa shape index (κ1) is 14.8. The number of sulfonamides is 1. The Morgan fingerprint density at radius 2 is 2.05 bits per heavy atom. The minimum Gasteiger partial charge on any atom is -0.447 e. The highest BCUT2D eigenvalue weighted by Crippen LogP contribution is 2.21. The molecular weight excluding hydrogens is 316 g/mol. The summed E-state index contributed by atoms with van der Waals surface area (Å²) in [5.74, 6) is 0.278. The van der Waals surface area contributed by atoms with Crippen molar-refractivity contribution in [3.8, 4) is 0 Å². The van der Waals surface area contributed by atoms with Gasteiger partial charge in [0.25, 0.3) is 10.0 Å². The molecule has 1 unspecified atom stereocenters. The molecule has 0 aromatic carbocycles. The predicted octanol–water partition coefficient (Wildman–Crippen LogP) is 0.121. The van der Waals surface area contributed by atoms with E-state index in [1.807, 2.05) is 0 Å². The van der Waals surface area contributed by atoms with Crippen LogP contribution >= 0.6 is 0 Å². The number of furan rings is 1. The largest absolute Gasteiger partial charge is 0.447 e. The molecule has 9 heteroatoms. The fourth-order valence-corrected chi connectivity index (χ4v) is 4.52. The molecule has 1 aliphatic heterocycles. The number of hydrogen-bond donors (Lipinski definition) is 2. The molecule has 0 radical (unpaired) electrons. The monoisotopic (exact) mass is 332 g/mol. The lowest BCUT2D eigenvalue weighted by Crippen LogP contribution is -2.35. The maximum Gasteiger partial charge on any atom is 0.274 e. The molecule has 0 amide bonds. The minimum atomic E-state index is -3.86. The van der Waals surface area contributed by atoms with Crippen LogP contribution in [0.5, 0.6) is 0 Å². The highest BCUT2D eigenvalue weighted by Gasteiger charge is 2.28. The van der Waals surface area contributed by atoms with Gasteiger partial charge in [0.2, 0.25) is 5.09 Å². The molecule has 1 atom stereocenters. The summed E-state index contributed by atoms with van der Waals surface area (Å²) in [5, 5.41) is 4.04. The molecule has 2 aliphatic rings. The second kappa shape index (κ2) is 5.24. The summed E-state index contributed by atoms with van der Waals surface area (Å²) < 4.78 is 54.4. The number of nitrogens with one attached hydrogen (secondary N) is 2. The summed E-state index contributed by atoms with van der Waals surface area (Å²) in [4.78, 5) is 0. The molecule has 1 aromatic heterocycles. The van der Waals surface area contributed by atoms with Crippen molar-refractivity contribution in [1.29, 1.82) is 0 Å². The summed E-state index contributed by atoms with van der Waals surface area (Å²) in [5.41, 5.74) is 0. The zero-order valence-electron chi connectivity index (χ0n) is 11.2. The van der Waals surface area contributed by atoms with Crippen LogP contribution in [0, 0.1) is 0 Å². The summed E-state index contributed by atoms with van der Waals surface area (Å²) in [6.07, 6.45) is 3.59. The normalized spacial score (nSPS) is 24.5. The lowest BCUT2D eigenvalue weighted by Gasteiger charge is -2.08. The van der Waals surface area contributed by atoms with Crippen LogP contribution in [0.1, 0.15) is 18.6 Å². The maximum absolute atomic E-state index is 12.1. The number of sulfone groups is 1. The molecule has 2 heterocycles. The van der Waals surface area contributed by atoms with Crippen LogP contribution in [0.3, 0.4) is 0 Å². The average Bonchev–Trinajstić information content (AvgIpc) is 2.97. The Labute approximate surface area is 123 Å². The fourth-order valence-electron chi connectivity index (χ4n) is 2.04. The highest BCUT2D eigenvalue weighted by molar-refractivity contribution is 7.94. The molecular formula is C12H16N2O5S2. The van der Waals surface area contributed by atoms with Gasteiger partial charge in [0.1, 0.15) is 5.76 Å². The number of rotatable bonds is 6. The third-order valence-electron chi connectivity index (χ3n) is 3.28. The first-order chi connectivity index (χ1) is 9.84. The van der Waals surface area contributed by atoms with Crippen LogP contribution in [0.15, 0.2) is 33.1 Å². The zero-order valence-corrected chi connectivity index (χ0v) is 12.8. The van der Waals surface area contributed by atoms with Gasteiger partial charge in [-0.1, -0.05) is 6.08 Å². The Hall–Kier alpha value is -1.16. The predicted molar refractivity (Wildman–Crippen MR) is 75.6 cm³/mol. The SMILES string of the molecule is O=S1(=O)C=CC(NS(=O)(=O)c2ccc(CNC3CC3)o2)C1. The van der Waals surface area contributed by atoms with E-state index in [2.05, 4.69) is 10.0 Å². The molecule has 116 valence electrons. The van der Waals surface area contributed by atoms with E-state index in [1.54, 1.807) is 6.07 Å². The van der Waals surface area contributed by atoms with Crippen LogP contribution < -0.4 is 10.0 Å². The molecule has 0 bridgehead atoms. The van der Waals surface area contributed by atoms with E-state index in [0.29, 0.717) is 18.3 Å². The zero-order chi connectivity index (χ0) is 15.1. The van der Waals surface area contributed by atoms with Gasteiger partial charge in [-0.25, -0.2) is 21.6 Å². The van der Waals surface area contributed by atoms with Crippen molar-refractivity contribution >= 4 is 19.9 Å². The van der Waals surface area contributed by atoms with Gasteiger partial charge in [-0.15, -0.1) is 0 Å². The Kier molecular flexibility index (Phi) is 3.68. The van der Waals surface area contributed by atoms with E-state index in [4.69, 9.17) is 4.42 Å². The van der Waals surface area contributed by atoms with Crippen molar-refractivity contribution in [1.82, 2.24) is 10.0 Å². The number of hydrogen-bond acceptors (Lipinski definition) is 6. The standard InChI is InChI=1S/C12H16N2O5S2/c15-20(16)6-5-10(8-20)14-21(17,18)12-4-3-11(19-12)7-13-9-1-2-9/h3-6,9-10,13-14H,1-2,7-8H2. The molecule has 7 nitrogen and oxygen atoms in total. The van der Waals surface area contributed by atoms with Gasteiger partial charge in [-0.3, -0.25) is 0 Å². The Morgan fingerprint density at radius 3 is 2.67 bits per heavy atom. The third kappa shape index (κ3) is 3.73. The first-order valence-electron chi connectivity index (χ1n) is 6.59. The molecule has 0 saturated heterocycles. The van der Waals surface area contributed by atoms with Crippen molar-refractivity contribution in [3.05, 3.63) is 29.4 Å². The van der Waals surface area contributed by atoms with Gasteiger partial charge in [0.15, 0.2) is 9.84 Å². The highest BCUT2D eigenvalue weighted by atomic mass is 32.2. The van der Waals surface area contributed by atoms with E-state index in [0.717, 1.165) is 18.2 Å². The summed E-state index contributed by atoms with van der Waals surface area (Å²) in [6, 6.07) is 2.73. The molecule has 3 rings (SSSR count). The van der Waals surface area contributed by atoms with Gasteiger partial charge in [0.05, 0.1) is 18.3 Å². The molecule has 0 spiro atoms.